The Morgan fingerprint density at radius 2 is 1.77 bits per heavy atom. The lowest BCUT2D eigenvalue weighted by molar-refractivity contribution is 0.0303. The number of amides is 2. The Labute approximate surface area is 256 Å². The molecular weight excluding hydrogens is 552 g/mol. The van der Waals surface area contributed by atoms with Gasteiger partial charge >= 0.3 is 0 Å². The predicted octanol–water partition coefficient (Wildman–Crippen LogP) is 6.52. The summed E-state index contributed by atoms with van der Waals surface area (Å²) in [6.45, 7) is 6.48. The summed E-state index contributed by atoms with van der Waals surface area (Å²) in [6, 6.07) is 21.0. The monoisotopic (exact) mass is 588 g/mol. The first-order chi connectivity index (χ1) is 21.5. The number of morpholine rings is 1. The van der Waals surface area contributed by atoms with Gasteiger partial charge in [0.05, 0.1) is 18.9 Å². The van der Waals surface area contributed by atoms with Crippen molar-refractivity contribution in [1.82, 2.24) is 19.3 Å². The van der Waals surface area contributed by atoms with Gasteiger partial charge in [0.2, 0.25) is 0 Å². The van der Waals surface area contributed by atoms with Crippen molar-refractivity contribution < 1.29 is 14.3 Å². The second kappa shape index (κ2) is 13.1. The maximum atomic E-state index is 13.4. The molecule has 0 aliphatic carbocycles. The van der Waals surface area contributed by atoms with E-state index in [-0.39, 0.29) is 11.8 Å². The van der Waals surface area contributed by atoms with Gasteiger partial charge in [-0.1, -0.05) is 43.7 Å². The van der Waals surface area contributed by atoms with Gasteiger partial charge in [0.1, 0.15) is 0 Å². The number of aryl methyl sites for hydroxylation is 1. The molecule has 2 N–H and O–H groups in total. The molecule has 44 heavy (non-hydrogen) atoms. The van der Waals surface area contributed by atoms with E-state index in [2.05, 4.69) is 22.5 Å². The van der Waals surface area contributed by atoms with Crippen molar-refractivity contribution >= 4 is 34.7 Å². The SMILES string of the molecule is CCCCc1ccccc1C(=O)Nc1cccc(-c2cn3ccnc3c(Nc3ccc(C(=O)N4CCOCC4)cc3)n2)c1C. The smallest absolute Gasteiger partial charge is 0.255 e. The second-order valence-electron chi connectivity index (χ2n) is 10.9. The molecule has 2 amide bonds. The standard InChI is InChI=1S/C35H36N6O3/c1-3-4-8-25-9-5-6-10-29(25)34(42)39-30-12-7-11-28(24(30)2)31-23-41-18-17-36-33(41)32(38-31)37-27-15-13-26(14-16-27)35(43)40-19-21-44-22-20-40/h5-7,9-18,23H,3-4,8,19-22H2,1-2H3,(H,37,38)(H,39,42). The molecule has 0 bridgehead atoms. The number of carbonyl (C=O) groups is 2. The van der Waals surface area contributed by atoms with E-state index in [9.17, 15) is 9.59 Å². The van der Waals surface area contributed by atoms with Crippen LogP contribution < -0.4 is 10.6 Å². The van der Waals surface area contributed by atoms with E-state index < -0.39 is 0 Å². The number of hydrogen-bond donors (Lipinski definition) is 2. The molecule has 3 heterocycles. The minimum atomic E-state index is -0.118. The van der Waals surface area contributed by atoms with Crippen LogP contribution in [0.5, 0.6) is 0 Å². The zero-order valence-corrected chi connectivity index (χ0v) is 25.0. The number of ether oxygens (including phenoxy) is 1. The fourth-order valence-corrected chi connectivity index (χ4v) is 5.49. The van der Waals surface area contributed by atoms with Crippen LogP contribution in [0.4, 0.5) is 17.2 Å². The third-order valence-corrected chi connectivity index (χ3v) is 7.99. The zero-order chi connectivity index (χ0) is 30.5. The van der Waals surface area contributed by atoms with Gasteiger partial charge in [0, 0.05) is 59.7 Å². The molecule has 1 fully saturated rings. The Bertz CT molecular complexity index is 1790. The molecule has 0 radical (unpaired) electrons. The number of fused-ring (bicyclic) bond motifs is 1. The fourth-order valence-electron chi connectivity index (χ4n) is 5.49. The topological polar surface area (TPSA) is 101 Å². The third-order valence-electron chi connectivity index (χ3n) is 7.99. The molecule has 2 aromatic heterocycles. The number of hydrogen-bond acceptors (Lipinski definition) is 6. The summed E-state index contributed by atoms with van der Waals surface area (Å²) in [5, 5.41) is 6.53. The average Bonchev–Trinajstić information content (AvgIpc) is 3.54. The maximum Gasteiger partial charge on any atom is 0.255 e. The quantitative estimate of drug-likeness (QED) is 0.203. The number of carbonyl (C=O) groups excluding carboxylic acids is 2. The van der Waals surface area contributed by atoms with Crippen LogP contribution in [0.2, 0.25) is 0 Å². The van der Waals surface area contributed by atoms with Crippen molar-refractivity contribution in [2.24, 2.45) is 0 Å². The van der Waals surface area contributed by atoms with Gasteiger partial charge in [0.15, 0.2) is 11.5 Å². The molecule has 9 heteroatoms. The number of benzene rings is 3. The molecule has 9 nitrogen and oxygen atoms in total. The molecule has 0 saturated carbocycles. The molecule has 5 aromatic rings. The van der Waals surface area contributed by atoms with E-state index in [1.165, 1.54) is 0 Å². The average molecular weight is 589 g/mol. The highest BCUT2D eigenvalue weighted by Crippen LogP contribution is 2.31. The molecule has 3 aromatic carbocycles. The minimum Gasteiger partial charge on any atom is -0.378 e. The lowest BCUT2D eigenvalue weighted by Gasteiger charge is -2.26. The highest BCUT2D eigenvalue weighted by Gasteiger charge is 2.19. The molecule has 0 unspecified atom stereocenters. The number of rotatable bonds is 9. The van der Waals surface area contributed by atoms with Crippen LogP contribution >= 0.6 is 0 Å². The number of nitrogens with zero attached hydrogens (tertiary/aromatic N) is 4. The number of nitrogens with one attached hydrogen (secondary N) is 2. The van der Waals surface area contributed by atoms with Crippen LogP contribution in [0, 0.1) is 6.92 Å². The highest BCUT2D eigenvalue weighted by atomic mass is 16.5. The van der Waals surface area contributed by atoms with Crippen LogP contribution in [0.1, 0.15) is 51.6 Å². The van der Waals surface area contributed by atoms with Crippen molar-refractivity contribution in [3.63, 3.8) is 0 Å². The zero-order valence-electron chi connectivity index (χ0n) is 25.0. The van der Waals surface area contributed by atoms with Gasteiger partial charge in [0.25, 0.3) is 11.8 Å². The van der Waals surface area contributed by atoms with E-state index in [1.807, 2.05) is 95.3 Å². The Morgan fingerprint density at radius 1 is 0.977 bits per heavy atom. The van der Waals surface area contributed by atoms with Crippen LogP contribution in [0.25, 0.3) is 16.9 Å². The lowest BCUT2D eigenvalue weighted by atomic mass is 10.0. The van der Waals surface area contributed by atoms with Gasteiger partial charge in [-0.3, -0.25) is 9.59 Å². The number of unbranched alkanes of at least 4 members (excludes halogenated alkanes) is 1. The van der Waals surface area contributed by atoms with Gasteiger partial charge < -0.3 is 24.7 Å². The van der Waals surface area contributed by atoms with Crippen molar-refractivity contribution in [2.45, 2.75) is 33.1 Å². The van der Waals surface area contributed by atoms with E-state index in [1.54, 1.807) is 6.20 Å². The number of anilines is 3. The van der Waals surface area contributed by atoms with Crippen molar-refractivity contribution in [1.29, 1.82) is 0 Å². The summed E-state index contributed by atoms with van der Waals surface area (Å²) in [7, 11) is 0. The first-order valence-electron chi connectivity index (χ1n) is 15.1. The normalized spacial score (nSPS) is 13.2. The molecule has 1 aliphatic heterocycles. The minimum absolute atomic E-state index is 0.00233. The van der Waals surface area contributed by atoms with Gasteiger partial charge in [-0.05, 0) is 67.3 Å². The van der Waals surface area contributed by atoms with Crippen molar-refractivity contribution in [3.8, 4) is 11.3 Å². The summed E-state index contributed by atoms with van der Waals surface area (Å²) >= 11 is 0. The summed E-state index contributed by atoms with van der Waals surface area (Å²) in [4.78, 5) is 37.5. The van der Waals surface area contributed by atoms with E-state index in [4.69, 9.17) is 9.72 Å². The molecule has 224 valence electrons. The molecule has 6 rings (SSSR count). The third kappa shape index (κ3) is 6.18. The van der Waals surface area contributed by atoms with Gasteiger partial charge in [-0.15, -0.1) is 0 Å². The van der Waals surface area contributed by atoms with E-state index >= 15 is 0 Å². The van der Waals surface area contributed by atoms with Gasteiger partial charge in [-0.25, -0.2) is 9.97 Å². The fraction of sp³-hybridized carbons (Fsp3) is 0.257. The Morgan fingerprint density at radius 3 is 2.57 bits per heavy atom. The molecule has 1 saturated heterocycles. The summed E-state index contributed by atoms with van der Waals surface area (Å²) in [5.41, 5.74) is 7.13. The van der Waals surface area contributed by atoms with Crippen LogP contribution in [0.15, 0.2) is 85.3 Å². The first-order valence-corrected chi connectivity index (χ1v) is 15.1. The van der Waals surface area contributed by atoms with Crippen LogP contribution in [-0.4, -0.2) is 57.4 Å². The van der Waals surface area contributed by atoms with E-state index in [0.717, 1.165) is 53.0 Å². The summed E-state index contributed by atoms with van der Waals surface area (Å²) in [5.74, 6) is 0.467. The van der Waals surface area contributed by atoms with E-state index in [0.29, 0.717) is 48.9 Å². The summed E-state index contributed by atoms with van der Waals surface area (Å²) in [6.07, 6.45) is 8.53. The second-order valence-corrected chi connectivity index (χ2v) is 10.9. The largest absolute Gasteiger partial charge is 0.378 e. The van der Waals surface area contributed by atoms with Gasteiger partial charge in [-0.2, -0.15) is 0 Å². The van der Waals surface area contributed by atoms with Crippen molar-refractivity contribution in [2.75, 3.05) is 36.9 Å². The van der Waals surface area contributed by atoms with Crippen LogP contribution in [0.3, 0.4) is 0 Å². The highest BCUT2D eigenvalue weighted by molar-refractivity contribution is 6.06. The van der Waals surface area contributed by atoms with Crippen LogP contribution in [-0.2, 0) is 11.2 Å². The number of aromatic nitrogens is 3. The molecule has 1 aliphatic rings. The Hall–Kier alpha value is -5.02. The predicted molar refractivity (Wildman–Crippen MR) is 173 cm³/mol. The molecular formula is C35H36N6O3. The van der Waals surface area contributed by atoms with Crippen molar-refractivity contribution in [3.05, 3.63) is 108 Å². The molecule has 0 atom stereocenters. The Kier molecular flexibility index (Phi) is 8.65. The number of imidazole rings is 1. The lowest BCUT2D eigenvalue weighted by Crippen LogP contribution is -2.40. The first kappa shape index (κ1) is 29.1. The summed E-state index contributed by atoms with van der Waals surface area (Å²) < 4.78 is 7.30. The molecule has 0 spiro atoms. The Balaban J connectivity index is 1.25. The maximum absolute atomic E-state index is 13.4.